The van der Waals surface area contributed by atoms with E-state index in [1.165, 1.54) is 0 Å². The Hall–Kier alpha value is -1.58. The highest BCUT2D eigenvalue weighted by molar-refractivity contribution is 5.95. The van der Waals surface area contributed by atoms with Gasteiger partial charge >= 0.3 is 0 Å². The van der Waals surface area contributed by atoms with Gasteiger partial charge in [0.2, 0.25) is 0 Å². The second-order valence-electron chi connectivity index (χ2n) is 4.04. The van der Waals surface area contributed by atoms with Crippen molar-refractivity contribution in [2.45, 2.75) is 33.7 Å². The van der Waals surface area contributed by atoms with Gasteiger partial charge in [-0.25, -0.2) is 4.98 Å². The minimum atomic E-state index is -0.0559. The molecule has 1 amide bonds. The molecule has 0 aromatic carbocycles. The maximum atomic E-state index is 11.8. The number of aryl methyl sites for hydroxylation is 1. The molecule has 0 aliphatic carbocycles. The van der Waals surface area contributed by atoms with Gasteiger partial charge in [-0.2, -0.15) is 0 Å². The summed E-state index contributed by atoms with van der Waals surface area (Å²) >= 11 is 0. The van der Waals surface area contributed by atoms with E-state index >= 15 is 0 Å². The number of carbonyl (C=O) groups excluding carboxylic acids is 1. The van der Waals surface area contributed by atoms with E-state index in [1.807, 2.05) is 27.7 Å². The predicted octanol–water partition coefficient (Wildman–Crippen LogP) is 1.96. The number of hydrogen-bond donors (Lipinski definition) is 2. The van der Waals surface area contributed by atoms with Gasteiger partial charge in [-0.1, -0.05) is 0 Å². The summed E-state index contributed by atoms with van der Waals surface area (Å²) in [5.41, 5.74) is 1.49. The molecule has 2 N–H and O–H groups in total. The van der Waals surface area contributed by atoms with Crippen molar-refractivity contribution in [3.8, 4) is 0 Å². The SMILES string of the molecule is CCNc1cc(C(=O)NC(C)C)cc(C)n1. The molecule has 4 nitrogen and oxygen atoms in total. The molecule has 0 saturated carbocycles. The largest absolute Gasteiger partial charge is 0.370 e. The summed E-state index contributed by atoms with van der Waals surface area (Å²) < 4.78 is 0. The smallest absolute Gasteiger partial charge is 0.251 e. The first-order chi connectivity index (χ1) is 7.52. The van der Waals surface area contributed by atoms with Crippen LogP contribution >= 0.6 is 0 Å². The summed E-state index contributed by atoms with van der Waals surface area (Å²) in [5.74, 6) is 0.691. The van der Waals surface area contributed by atoms with Crippen LogP contribution in [0.4, 0.5) is 5.82 Å². The van der Waals surface area contributed by atoms with Crippen molar-refractivity contribution in [1.29, 1.82) is 0 Å². The first-order valence-electron chi connectivity index (χ1n) is 5.56. The maximum Gasteiger partial charge on any atom is 0.251 e. The third-order valence-electron chi connectivity index (χ3n) is 1.99. The van der Waals surface area contributed by atoms with Crippen LogP contribution in [0.3, 0.4) is 0 Å². The van der Waals surface area contributed by atoms with Crippen LogP contribution in [0.1, 0.15) is 36.8 Å². The Morgan fingerprint density at radius 1 is 1.44 bits per heavy atom. The van der Waals surface area contributed by atoms with E-state index in [0.29, 0.717) is 5.56 Å². The molecule has 0 fully saturated rings. The van der Waals surface area contributed by atoms with E-state index in [9.17, 15) is 4.79 Å². The molecule has 0 saturated heterocycles. The summed E-state index contributed by atoms with van der Waals surface area (Å²) in [6, 6.07) is 3.70. The molecule has 0 unspecified atom stereocenters. The van der Waals surface area contributed by atoms with Gasteiger partial charge in [0.25, 0.3) is 5.91 Å². The molecule has 1 heterocycles. The second-order valence-corrected chi connectivity index (χ2v) is 4.04. The van der Waals surface area contributed by atoms with Gasteiger partial charge in [-0.15, -0.1) is 0 Å². The number of carbonyl (C=O) groups is 1. The first kappa shape index (κ1) is 12.5. The van der Waals surface area contributed by atoms with Crippen LogP contribution in [0.15, 0.2) is 12.1 Å². The Balaban J connectivity index is 2.91. The molecule has 0 atom stereocenters. The lowest BCUT2D eigenvalue weighted by Crippen LogP contribution is -2.30. The Morgan fingerprint density at radius 2 is 2.12 bits per heavy atom. The number of aromatic nitrogens is 1. The van der Waals surface area contributed by atoms with Crippen LogP contribution in [0, 0.1) is 6.92 Å². The predicted molar refractivity (Wildman–Crippen MR) is 65.7 cm³/mol. The number of nitrogens with one attached hydrogen (secondary N) is 2. The Kier molecular flexibility index (Phi) is 4.28. The lowest BCUT2D eigenvalue weighted by atomic mass is 10.2. The second kappa shape index (κ2) is 5.49. The summed E-state index contributed by atoms with van der Waals surface area (Å²) in [6.45, 7) is 8.56. The third-order valence-corrected chi connectivity index (χ3v) is 1.99. The average molecular weight is 221 g/mol. The summed E-state index contributed by atoms with van der Waals surface area (Å²) in [5, 5.41) is 5.97. The van der Waals surface area contributed by atoms with Crippen molar-refractivity contribution in [2.24, 2.45) is 0 Å². The number of anilines is 1. The van der Waals surface area contributed by atoms with Gasteiger partial charge in [-0.3, -0.25) is 4.79 Å². The molecule has 16 heavy (non-hydrogen) atoms. The van der Waals surface area contributed by atoms with Gasteiger partial charge < -0.3 is 10.6 Å². The van der Waals surface area contributed by atoms with Crippen LogP contribution in [-0.4, -0.2) is 23.5 Å². The van der Waals surface area contributed by atoms with E-state index in [-0.39, 0.29) is 11.9 Å². The normalized spacial score (nSPS) is 10.3. The standard InChI is InChI=1S/C12H19N3O/c1-5-13-11-7-10(6-9(4)15-11)12(16)14-8(2)3/h6-8H,5H2,1-4H3,(H,13,15)(H,14,16). The Bertz CT molecular complexity index is 375. The van der Waals surface area contributed by atoms with E-state index in [4.69, 9.17) is 0 Å². The van der Waals surface area contributed by atoms with Crippen LogP contribution in [0.2, 0.25) is 0 Å². The van der Waals surface area contributed by atoms with Crippen LogP contribution in [0.5, 0.6) is 0 Å². The maximum absolute atomic E-state index is 11.8. The molecule has 0 spiro atoms. The summed E-state index contributed by atoms with van der Waals surface area (Å²) in [6.07, 6.45) is 0. The quantitative estimate of drug-likeness (QED) is 0.817. The molecular formula is C12H19N3O. The summed E-state index contributed by atoms with van der Waals surface area (Å²) in [7, 11) is 0. The lowest BCUT2D eigenvalue weighted by molar-refractivity contribution is 0.0943. The van der Waals surface area contributed by atoms with Gasteiger partial charge in [0, 0.05) is 23.8 Å². The zero-order valence-corrected chi connectivity index (χ0v) is 10.3. The highest BCUT2D eigenvalue weighted by Gasteiger charge is 2.09. The molecule has 88 valence electrons. The monoisotopic (exact) mass is 221 g/mol. The van der Waals surface area contributed by atoms with Gasteiger partial charge in [-0.05, 0) is 39.8 Å². The van der Waals surface area contributed by atoms with E-state index in [1.54, 1.807) is 12.1 Å². The molecule has 1 aromatic rings. The fourth-order valence-corrected chi connectivity index (χ4v) is 1.42. The van der Waals surface area contributed by atoms with Crippen LogP contribution < -0.4 is 10.6 Å². The molecule has 1 rings (SSSR count). The molecule has 0 radical (unpaired) electrons. The van der Waals surface area contributed by atoms with Crippen molar-refractivity contribution < 1.29 is 4.79 Å². The fraction of sp³-hybridized carbons (Fsp3) is 0.500. The molecule has 1 aromatic heterocycles. The summed E-state index contributed by atoms with van der Waals surface area (Å²) in [4.78, 5) is 16.1. The number of amides is 1. The molecule has 0 aliphatic rings. The fourth-order valence-electron chi connectivity index (χ4n) is 1.42. The number of nitrogens with zero attached hydrogens (tertiary/aromatic N) is 1. The lowest BCUT2D eigenvalue weighted by Gasteiger charge is -2.10. The van der Waals surface area contributed by atoms with Crippen molar-refractivity contribution in [1.82, 2.24) is 10.3 Å². The van der Waals surface area contributed by atoms with Crippen molar-refractivity contribution >= 4 is 11.7 Å². The highest BCUT2D eigenvalue weighted by atomic mass is 16.1. The zero-order chi connectivity index (χ0) is 12.1. The van der Waals surface area contributed by atoms with E-state index in [2.05, 4.69) is 15.6 Å². The van der Waals surface area contributed by atoms with Gasteiger partial charge in [0.05, 0.1) is 0 Å². The van der Waals surface area contributed by atoms with Crippen LogP contribution in [0.25, 0.3) is 0 Å². The molecule has 0 aliphatic heterocycles. The minimum absolute atomic E-state index is 0.0559. The highest BCUT2D eigenvalue weighted by Crippen LogP contribution is 2.10. The third kappa shape index (κ3) is 3.53. The molecule has 0 bridgehead atoms. The Morgan fingerprint density at radius 3 is 2.69 bits per heavy atom. The van der Waals surface area contributed by atoms with Gasteiger partial charge in [0.15, 0.2) is 0 Å². The number of rotatable bonds is 4. The minimum Gasteiger partial charge on any atom is -0.370 e. The topological polar surface area (TPSA) is 54.0 Å². The van der Waals surface area contributed by atoms with Crippen molar-refractivity contribution in [3.63, 3.8) is 0 Å². The average Bonchev–Trinajstić information content (AvgIpc) is 2.16. The number of pyridine rings is 1. The molecule has 4 heteroatoms. The van der Waals surface area contributed by atoms with Crippen molar-refractivity contribution in [2.75, 3.05) is 11.9 Å². The first-order valence-corrected chi connectivity index (χ1v) is 5.56. The van der Waals surface area contributed by atoms with Gasteiger partial charge in [0.1, 0.15) is 5.82 Å². The van der Waals surface area contributed by atoms with E-state index < -0.39 is 0 Å². The number of hydrogen-bond acceptors (Lipinski definition) is 3. The Labute approximate surface area is 96.5 Å². The zero-order valence-electron chi connectivity index (χ0n) is 10.3. The van der Waals surface area contributed by atoms with Crippen molar-refractivity contribution in [3.05, 3.63) is 23.4 Å². The van der Waals surface area contributed by atoms with Crippen LogP contribution in [-0.2, 0) is 0 Å². The van der Waals surface area contributed by atoms with E-state index in [0.717, 1.165) is 18.1 Å². The molecular weight excluding hydrogens is 202 g/mol.